The molecule has 0 radical (unpaired) electrons. The normalized spacial score (nSPS) is 11.1. The molecule has 0 aliphatic rings. The van der Waals surface area contributed by atoms with Crippen LogP contribution in [0, 0.1) is 0 Å². The lowest BCUT2D eigenvalue weighted by Crippen LogP contribution is -2.11. The van der Waals surface area contributed by atoms with Crippen LogP contribution in [0.2, 0.25) is 0 Å². The molecule has 0 unspecified atom stereocenters. The van der Waals surface area contributed by atoms with Crippen molar-refractivity contribution in [2.75, 3.05) is 4.90 Å². The molecule has 0 aliphatic carbocycles. The highest BCUT2D eigenvalue weighted by molar-refractivity contribution is 5.98. The van der Waals surface area contributed by atoms with Crippen LogP contribution in [0.1, 0.15) is 0 Å². The number of hydrogen-bond donors (Lipinski definition) is 0. The van der Waals surface area contributed by atoms with Gasteiger partial charge in [0.15, 0.2) is 0 Å². The summed E-state index contributed by atoms with van der Waals surface area (Å²) in [6.45, 7) is 0. The maximum atomic E-state index is 2.43. The molecule has 278 valence electrons. The third-order valence-corrected chi connectivity index (χ3v) is 11.2. The van der Waals surface area contributed by atoms with E-state index in [1.165, 1.54) is 55.3 Å². The van der Waals surface area contributed by atoms with E-state index in [9.17, 15) is 0 Å². The van der Waals surface area contributed by atoms with Crippen LogP contribution in [-0.4, -0.2) is 0 Å². The highest BCUT2D eigenvalue weighted by Gasteiger charge is 2.20. The lowest BCUT2D eigenvalue weighted by molar-refractivity contribution is 1.28. The van der Waals surface area contributed by atoms with Crippen molar-refractivity contribution in [2.24, 2.45) is 0 Å². The molecule has 0 fully saturated rings. The molecule has 10 aromatic carbocycles. The first kappa shape index (κ1) is 35.7. The fourth-order valence-electron chi connectivity index (χ4n) is 8.32. The number of nitrogens with zero attached hydrogens (tertiary/aromatic N) is 1. The molecule has 59 heavy (non-hydrogen) atoms. The molecule has 0 amide bonds. The Bertz CT molecular complexity index is 2960. The molecule has 10 aromatic rings. The summed E-state index contributed by atoms with van der Waals surface area (Å²) < 4.78 is 0. The smallest absolute Gasteiger partial charge is 0.0540 e. The van der Waals surface area contributed by atoms with Gasteiger partial charge in [0.25, 0.3) is 0 Å². The van der Waals surface area contributed by atoms with Gasteiger partial charge in [0.2, 0.25) is 0 Å². The van der Waals surface area contributed by atoms with Crippen molar-refractivity contribution in [1.82, 2.24) is 0 Å². The Labute approximate surface area is 346 Å². The third kappa shape index (κ3) is 7.34. The molecule has 1 nitrogen and oxygen atoms in total. The van der Waals surface area contributed by atoms with Crippen LogP contribution in [0.25, 0.3) is 77.5 Å². The maximum absolute atomic E-state index is 2.43. The van der Waals surface area contributed by atoms with E-state index in [1.54, 1.807) is 0 Å². The van der Waals surface area contributed by atoms with Crippen molar-refractivity contribution < 1.29 is 0 Å². The first-order chi connectivity index (χ1) is 29.2. The maximum Gasteiger partial charge on any atom is 0.0540 e. The van der Waals surface area contributed by atoms with Crippen molar-refractivity contribution in [1.29, 1.82) is 0 Å². The Morgan fingerprint density at radius 2 is 0.627 bits per heavy atom. The number of rotatable bonds is 9. The lowest BCUT2D eigenvalue weighted by Gasteiger charge is -2.29. The predicted molar refractivity (Wildman–Crippen MR) is 251 cm³/mol. The molecule has 10 rings (SSSR count). The first-order valence-electron chi connectivity index (χ1n) is 20.2. The average Bonchev–Trinajstić information content (AvgIpc) is 3.33. The number of fused-ring (bicyclic) bond motifs is 1. The average molecular weight is 752 g/mol. The summed E-state index contributed by atoms with van der Waals surface area (Å²) in [4.78, 5) is 2.43. The van der Waals surface area contributed by atoms with Gasteiger partial charge in [0, 0.05) is 16.9 Å². The van der Waals surface area contributed by atoms with Crippen molar-refractivity contribution in [2.45, 2.75) is 0 Å². The second kappa shape index (κ2) is 16.0. The van der Waals surface area contributed by atoms with E-state index >= 15 is 0 Å². The molecule has 0 N–H and O–H groups in total. The fourth-order valence-corrected chi connectivity index (χ4v) is 8.32. The Hall–Kier alpha value is -7.74. The Morgan fingerprint density at radius 3 is 1.27 bits per heavy atom. The predicted octanol–water partition coefficient (Wildman–Crippen LogP) is 16.3. The SMILES string of the molecule is c1ccc(-c2cccc(-c3ccc(N(c4cc(-c5ccccc5)cc(-c5ccccc5)c4)c4ccccc4-c4cccc(-c5cccc6ccccc56)c4)cc3)c2)cc1. The van der Waals surface area contributed by atoms with Gasteiger partial charge in [0.1, 0.15) is 0 Å². The van der Waals surface area contributed by atoms with E-state index in [1.807, 2.05) is 0 Å². The van der Waals surface area contributed by atoms with Crippen molar-refractivity contribution in [3.8, 4) is 66.8 Å². The van der Waals surface area contributed by atoms with Crippen LogP contribution in [0.4, 0.5) is 17.1 Å². The standard InChI is InChI=1S/C58H41N/c1-4-17-42(18-5-1)47-25-14-26-48(37-47)45-33-35-53(36-34-45)59(54-40-51(43-19-6-2-7-20-43)39-52(41-54)44-21-8-3-9-22-44)58-32-13-12-30-57(58)50-28-15-27-49(38-50)56-31-16-24-46-23-10-11-29-55(46)56/h1-41H. The second-order valence-corrected chi connectivity index (χ2v) is 15.0. The fraction of sp³-hybridized carbons (Fsp3) is 0. The van der Waals surface area contributed by atoms with Gasteiger partial charge in [-0.15, -0.1) is 0 Å². The second-order valence-electron chi connectivity index (χ2n) is 15.0. The molecule has 0 heterocycles. The summed E-state index contributed by atoms with van der Waals surface area (Å²) >= 11 is 0. The minimum atomic E-state index is 1.08. The Morgan fingerprint density at radius 1 is 0.220 bits per heavy atom. The molecule has 0 spiro atoms. The van der Waals surface area contributed by atoms with E-state index < -0.39 is 0 Å². The first-order valence-corrected chi connectivity index (χ1v) is 20.2. The van der Waals surface area contributed by atoms with Gasteiger partial charge < -0.3 is 4.90 Å². The molecule has 0 saturated carbocycles. The van der Waals surface area contributed by atoms with Gasteiger partial charge in [-0.05, 0) is 121 Å². The van der Waals surface area contributed by atoms with Crippen LogP contribution in [0.15, 0.2) is 249 Å². The summed E-state index contributed by atoms with van der Waals surface area (Å²) in [6.07, 6.45) is 0. The van der Waals surface area contributed by atoms with Gasteiger partial charge in [-0.2, -0.15) is 0 Å². The Kier molecular flexibility index (Phi) is 9.68. The van der Waals surface area contributed by atoms with E-state index in [-0.39, 0.29) is 0 Å². The van der Waals surface area contributed by atoms with Crippen LogP contribution >= 0.6 is 0 Å². The minimum absolute atomic E-state index is 1.08. The molecule has 0 aromatic heterocycles. The van der Waals surface area contributed by atoms with E-state index in [2.05, 4.69) is 254 Å². The largest absolute Gasteiger partial charge is 0.310 e. The molecule has 0 aliphatic heterocycles. The van der Waals surface area contributed by atoms with Gasteiger partial charge in [-0.25, -0.2) is 0 Å². The highest BCUT2D eigenvalue weighted by atomic mass is 15.1. The molecule has 0 atom stereocenters. The highest BCUT2D eigenvalue weighted by Crippen LogP contribution is 2.45. The third-order valence-electron chi connectivity index (χ3n) is 11.2. The molecule has 0 bridgehead atoms. The van der Waals surface area contributed by atoms with Crippen molar-refractivity contribution >= 4 is 27.8 Å². The summed E-state index contributed by atoms with van der Waals surface area (Å²) in [5.41, 5.74) is 17.5. The van der Waals surface area contributed by atoms with E-state index in [0.29, 0.717) is 0 Å². The van der Waals surface area contributed by atoms with E-state index in [0.717, 1.165) is 39.3 Å². The van der Waals surface area contributed by atoms with Gasteiger partial charge in [0.05, 0.1) is 5.69 Å². The number of hydrogen-bond acceptors (Lipinski definition) is 1. The lowest BCUT2D eigenvalue weighted by atomic mass is 9.94. The summed E-state index contributed by atoms with van der Waals surface area (Å²) in [5.74, 6) is 0. The topological polar surface area (TPSA) is 3.24 Å². The zero-order chi connectivity index (χ0) is 39.4. The molecular weight excluding hydrogens is 711 g/mol. The Balaban J connectivity index is 1.15. The molecular formula is C58H41N. The molecule has 0 saturated heterocycles. The quantitative estimate of drug-likeness (QED) is 0.142. The minimum Gasteiger partial charge on any atom is -0.310 e. The summed E-state index contributed by atoms with van der Waals surface area (Å²) in [5, 5.41) is 2.49. The summed E-state index contributed by atoms with van der Waals surface area (Å²) in [7, 11) is 0. The van der Waals surface area contributed by atoms with Gasteiger partial charge >= 0.3 is 0 Å². The number of anilines is 3. The number of benzene rings is 10. The van der Waals surface area contributed by atoms with E-state index in [4.69, 9.17) is 0 Å². The zero-order valence-corrected chi connectivity index (χ0v) is 32.6. The van der Waals surface area contributed by atoms with Gasteiger partial charge in [-0.3, -0.25) is 0 Å². The van der Waals surface area contributed by atoms with Crippen molar-refractivity contribution in [3.05, 3.63) is 249 Å². The van der Waals surface area contributed by atoms with Gasteiger partial charge in [-0.1, -0.05) is 200 Å². The zero-order valence-electron chi connectivity index (χ0n) is 32.6. The summed E-state index contributed by atoms with van der Waals surface area (Å²) in [6, 6.07) is 89.9. The van der Waals surface area contributed by atoms with Crippen LogP contribution in [-0.2, 0) is 0 Å². The monoisotopic (exact) mass is 751 g/mol. The van der Waals surface area contributed by atoms with Crippen LogP contribution < -0.4 is 4.90 Å². The van der Waals surface area contributed by atoms with Crippen LogP contribution in [0.5, 0.6) is 0 Å². The van der Waals surface area contributed by atoms with Crippen molar-refractivity contribution in [3.63, 3.8) is 0 Å². The molecule has 1 heteroatoms. The van der Waals surface area contributed by atoms with Crippen LogP contribution in [0.3, 0.4) is 0 Å². The number of para-hydroxylation sites is 1.